The summed E-state index contributed by atoms with van der Waals surface area (Å²) in [6.07, 6.45) is 0.0874. The molecule has 0 unspecified atom stereocenters. The van der Waals surface area contributed by atoms with Crippen molar-refractivity contribution in [1.82, 2.24) is 9.80 Å². The molecule has 0 spiro atoms. The molecule has 1 atom stereocenters. The average molecular weight is 412 g/mol. The van der Waals surface area contributed by atoms with Gasteiger partial charge < -0.3 is 19.3 Å². The fraction of sp³-hybridized carbons (Fsp3) is 0.556. The number of halogens is 1. The second-order valence-electron chi connectivity index (χ2n) is 7.77. The van der Waals surface area contributed by atoms with Crippen LogP contribution in [0.25, 0.3) is 0 Å². The first-order chi connectivity index (χ1) is 13.1. The highest BCUT2D eigenvalue weighted by molar-refractivity contribution is 6.33. The normalized spacial score (nSPS) is 19.7. The summed E-state index contributed by atoms with van der Waals surface area (Å²) in [4.78, 5) is 39.2. The van der Waals surface area contributed by atoms with Gasteiger partial charge in [-0.3, -0.25) is 14.9 Å². The predicted octanol–water partition coefficient (Wildman–Crippen LogP) is 3.09. The van der Waals surface area contributed by atoms with Crippen molar-refractivity contribution < 1.29 is 24.0 Å². The zero-order chi connectivity index (χ0) is 20.6. The standard InChI is InChI=1S/C18H22ClN3O6/c1-18(2,3)28-17(24)20-5-6-21-11(10-20)4-7-27-15-9-13(19)14(22(25)26)8-12(15)16(21)23/h8-9,11H,4-7,10H2,1-3H3/t11-/m1/s1. The summed E-state index contributed by atoms with van der Waals surface area (Å²) in [5.41, 5.74) is -0.848. The maximum atomic E-state index is 13.1. The molecule has 3 rings (SSSR count). The first-order valence-corrected chi connectivity index (χ1v) is 9.34. The monoisotopic (exact) mass is 411 g/mol. The van der Waals surface area contributed by atoms with Gasteiger partial charge in [0.15, 0.2) is 0 Å². The van der Waals surface area contributed by atoms with Crippen LogP contribution in [-0.4, -0.2) is 64.6 Å². The van der Waals surface area contributed by atoms with Gasteiger partial charge in [-0.15, -0.1) is 0 Å². The Bertz CT molecular complexity index is 822. The SMILES string of the molecule is CC(C)(C)OC(=O)N1CCN2C(=O)c3cc([N+](=O)[O-])c(Cl)cc3OCC[C@@H]2C1. The smallest absolute Gasteiger partial charge is 0.410 e. The topological polar surface area (TPSA) is 102 Å². The van der Waals surface area contributed by atoms with Gasteiger partial charge in [0.25, 0.3) is 11.6 Å². The number of hydrogen-bond acceptors (Lipinski definition) is 6. The van der Waals surface area contributed by atoms with Crippen molar-refractivity contribution in [3.05, 3.63) is 32.8 Å². The van der Waals surface area contributed by atoms with E-state index in [-0.39, 0.29) is 40.6 Å². The van der Waals surface area contributed by atoms with E-state index >= 15 is 0 Å². The zero-order valence-corrected chi connectivity index (χ0v) is 16.7. The molecule has 2 aliphatic rings. The average Bonchev–Trinajstić information content (AvgIpc) is 2.58. The summed E-state index contributed by atoms with van der Waals surface area (Å²) >= 11 is 5.94. The molecule has 152 valence electrons. The van der Waals surface area contributed by atoms with E-state index in [1.54, 1.807) is 30.6 Å². The second kappa shape index (κ2) is 7.46. The van der Waals surface area contributed by atoms with Crippen molar-refractivity contribution in [3.63, 3.8) is 0 Å². The van der Waals surface area contributed by atoms with Crippen molar-refractivity contribution in [2.45, 2.75) is 38.8 Å². The van der Waals surface area contributed by atoms with Gasteiger partial charge in [0.1, 0.15) is 16.4 Å². The van der Waals surface area contributed by atoms with E-state index in [1.165, 1.54) is 6.07 Å². The molecule has 2 heterocycles. The van der Waals surface area contributed by atoms with Crippen LogP contribution in [0.4, 0.5) is 10.5 Å². The van der Waals surface area contributed by atoms with Gasteiger partial charge in [0, 0.05) is 38.2 Å². The van der Waals surface area contributed by atoms with Crippen molar-refractivity contribution in [1.29, 1.82) is 0 Å². The lowest BCUT2D eigenvalue weighted by atomic mass is 10.0. The number of hydrogen-bond donors (Lipinski definition) is 0. The Kier molecular flexibility index (Phi) is 5.38. The van der Waals surface area contributed by atoms with Crippen LogP contribution >= 0.6 is 11.6 Å². The number of carbonyl (C=O) groups is 2. The van der Waals surface area contributed by atoms with E-state index in [2.05, 4.69) is 0 Å². The Balaban J connectivity index is 1.84. The zero-order valence-electron chi connectivity index (χ0n) is 15.9. The molecule has 2 aliphatic heterocycles. The second-order valence-corrected chi connectivity index (χ2v) is 8.18. The summed E-state index contributed by atoms with van der Waals surface area (Å²) in [6.45, 7) is 6.62. The largest absolute Gasteiger partial charge is 0.493 e. The lowest BCUT2D eigenvalue weighted by molar-refractivity contribution is -0.384. The highest BCUT2D eigenvalue weighted by Crippen LogP contribution is 2.35. The molecule has 1 aromatic carbocycles. The number of benzene rings is 1. The number of nitro benzene ring substituents is 1. The lowest BCUT2D eigenvalue weighted by Crippen LogP contribution is -2.58. The molecule has 0 radical (unpaired) electrons. The molecular weight excluding hydrogens is 390 g/mol. The molecule has 28 heavy (non-hydrogen) atoms. The summed E-state index contributed by atoms with van der Waals surface area (Å²) in [6, 6.07) is 2.20. The van der Waals surface area contributed by atoms with Gasteiger partial charge >= 0.3 is 6.09 Å². The Morgan fingerprint density at radius 2 is 2.07 bits per heavy atom. The number of fused-ring (bicyclic) bond motifs is 2. The van der Waals surface area contributed by atoms with E-state index in [4.69, 9.17) is 21.1 Å². The fourth-order valence-electron chi connectivity index (χ4n) is 3.29. The van der Waals surface area contributed by atoms with Crippen LogP contribution in [0.5, 0.6) is 5.75 Å². The number of ether oxygens (including phenoxy) is 2. The molecule has 1 aromatic rings. The quantitative estimate of drug-likeness (QED) is 0.519. The lowest BCUT2D eigenvalue weighted by Gasteiger charge is -2.42. The molecule has 0 bridgehead atoms. The minimum atomic E-state index is -0.632. The Labute approximate surface area is 167 Å². The molecule has 9 nitrogen and oxygen atoms in total. The number of nitrogens with zero attached hydrogens (tertiary/aromatic N) is 3. The third kappa shape index (κ3) is 4.14. The molecule has 2 amide bonds. The van der Waals surface area contributed by atoms with Crippen LogP contribution in [0.15, 0.2) is 12.1 Å². The van der Waals surface area contributed by atoms with Gasteiger partial charge in [-0.2, -0.15) is 0 Å². The molecule has 10 heteroatoms. The maximum Gasteiger partial charge on any atom is 0.410 e. The maximum absolute atomic E-state index is 13.1. The third-order valence-corrected chi connectivity index (χ3v) is 4.88. The van der Waals surface area contributed by atoms with Crippen molar-refractivity contribution in [2.24, 2.45) is 0 Å². The van der Waals surface area contributed by atoms with Crippen LogP contribution in [0.1, 0.15) is 37.6 Å². The van der Waals surface area contributed by atoms with Gasteiger partial charge in [-0.1, -0.05) is 11.6 Å². The molecular formula is C18H22ClN3O6. The van der Waals surface area contributed by atoms with Crippen molar-refractivity contribution in [2.75, 3.05) is 26.2 Å². The molecule has 0 saturated carbocycles. The van der Waals surface area contributed by atoms with Crippen LogP contribution in [0.2, 0.25) is 5.02 Å². The third-order valence-electron chi connectivity index (χ3n) is 4.58. The highest BCUT2D eigenvalue weighted by atomic mass is 35.5. The Morgan fingerprint density at radius 3 is 2.71 bits per heavy atom. The summed E-state index contributed by atoms with van der Waals surface area (Å²) < 4.78 is 11.1. The summed E-state index contributed by atoms with van der Waals surface area (Å²) in [5.74, 6) is -0.142. The van der Waals surface area contributed by atoms with Gasteiger partial charge in [0.05, 0.1) is 23.1 Å². The van der Waals surface area contributed by atoms with Crippen molar-refractivity contribution in [3.8, 4) is 5.75 Å². The van der Waals surface area contributed by atoms with Crippen LogP contribution in [-0.2, 0) is 4.74 Å². The Hall–Kier alpha value is -2.55. The fourth-order valence-corrected chi connectivity index (χ4v) is 3.51. The van der Waals surface area contributed by atoms with E-state index in [0.29, 0.717) is 26.1 Å². The predicted molar refractivity (Wildman–Crippen MR) is 101 cm³/mol. The van der Waals surface area contributed by atoms with Crippen molar-refractivity contribution >= 4 is 29.3 Å². The van der Waals surface area contributed by atoms with Crippen LogP contribution in [0, 0.1) is 10.1 Å². The highest BCUT2D eigenvalue weighted by Gasteiger charge is 2.37. The number of piperazine rings is 1. The number of rotatable bonds is 1. The molecule has 1 fully saturated rings. The summed E-state index contributed by atoms with van der Waals surface area (Å²) in [7, 11) is 0. The first kappa shape index (κ1) is 20.2. The first-order valence-electron chi connectivity index (χ1n) is 8.96. The van der Waals surface area contributed by atoms with E-state index in [9.17, 15) is 19.7 Å². The number of carbonyl (C=O) groups excluding carboxylic acids is 2. The molecule has 0 aromatic heterocycles. The van der Waals surface area contributed by atoms with Crippen LogP contribution in [0.3, 0.4) is 0 Å². The van der Waals surface area contributed by atoms with E-state index in [1.807, 2.05) is 0 Å². The molecule has 0 aliphatic carbocycles. The summed E-state index contributed by atoms with van der Waals surface area (Å²) in [5, 5.41) is 11.1. The number of amides is 2. The van der Waals surface area contributed by atoms with Crippen LogP contribution < -0.4 is 4.74 Å². The van der Waals surface area contributed by atoms with Gasteiger partial charge in [-0.25, -0.2) is 4.79 Å². The Morgan fingerprint density at radius 1 is 1.36 bits per heavy atom. The van der Waals surface area contributed by atoms with Gasteiger partial charge in [-0.05, 0) is 20.8 Å². The minimum absolute atomic E-state index is 0.0802. The van der Waals surface area contributed by atoms with E-state index in [0.717, 1.165) is 6.07 Å². The minimum Gasteiger partial charge on any atom is -0.493 e. The van der Waals surface area contributed by atoms with E-state index < -0.39 is 16.6 Å². The molecule has 1 saturated heterocycles. The van der Waals surface area contributed by atoms with Gasteiger partial charge in [0.2, 0.25) is 0 Å². The molecule has 0 N–H and O–H groups in total. The number of nitro groups is 1.